The lowest BCUT2D eigenvalue weighted by Gasteiger charge is -2.27. The van der Waals surface area contributed by atoms with Gasteiger partial charge in [0.25, 0.3) is 0 Å². The van der Waals surface area contributed by atoms with E-state index in [1.165, 1.54) is 4.90 Å². The van der Waals surface area contributed by atoms with Crippen molar-refractivity contribution in [2.45, 2.75) is 43.9 Å². The molecule has 0 unspecified atom stereocenters. The number of amides is 2. The van der Waals surface area contributed by atoms with Gasteiger partial charge in [-0.1, -0.05) is 28.1 Å². The van der Waals surface area contributed by atoms with Crippen molar-refractivity contribution in [3.05, 3.63) is 34.3 Å². The van der Waals surface area contributed by atoms with E-state index in [2.05, 4.69) is 21.2 Å². The molecule has 2 fully saturated rings. The number of benzene rings is 1. The van der Waals surface area contributed by atoms with E-state index in [0.717, 1.165) is 22.9 Å². The normalized spacial score (nSPS) is 26.5. The summed E-state index contributed by atoms with van der Waals surface area (Å²) in [6.45, 7) is 1.05. The zero-order valence-electron chi connectivity index (χ0n) is 13.3. The second kappa shape index (κ2) is 7.53. The number of likely N-dealkylation sites (tertiary alicyclic amines) is 1. The van der Waals surface area contributed by atoms with E-state index in [1.54, 1.807) is 0 Å². The molecule has 0 radical (unpaired) electrons. The van der Waals surface area contributed by atoms with Gasteiger partial charge in [0.2, 0.25) is 5.91 Å². The molecule has 1 aromatic carbocycles. The van der Waals surface area contributed by atoms with E-state index < -0.39 is 12.2 Å². The Morgan fingerprint density at radius 3 is 2.88 bits per heavy atom. The summed E-state index contributed by atoms with van der Waals surface area (Å²) < 4.78 is 6.38. The molecule has 3 atom stereocenters. The molecular weight excluding hydrogens is 376 g/mol. The summed E-state index contributed by atoms with van der Waals surface area (Å²) in [4.78, 5) is 25.3. The first-order chi connectivity index (χ1) is 11.5. The van der Waals surface area contributed by atoms with E-state index in [4.69, 9.17) is 4.74 Å². The van der Waals surface area contributed by atoms with Gasteiger partial charge in [-0.2, -0.15) is 0 Å². The molecule has 2 heterocycles. The molecule has 0 aliphatic carbocycles. The largest absolute Gasteiger partial charge is 0.465 e. The van der Waals surface area contributed by atoms with Crippen LogP contribution in [-0.4, -0.2) is 53.3 Å². The first-order valence-electron chi connectivity index (χ1n) is 8.20. The van der Waals surface area contributed by atoms with Gasteiger partial charge in [0.15, 0.2) is 0 Å². The fourth-order valence-corrected chi connectivity index (χ4v) is 3.92. The molecule has 2 amide bonds. The summed E-state index contributed by atoms with van der Waals surface area (Å²) in [5.41, 5.74) is 1.04. The zero-order chi connectivity index (χ0) is 17.1. The van der Waals surface area contributed by atoms with Gasteiger partial charge < -0.3 is 20.1 Å². The van der Waals surface area contributed by atoms with Crippen molar-refractivity contribution in [2.75, 3.05) is 13.2 Å². The number of halogens is 1. The number of nitrogens with zero attached hydrogens (tertiary/aromatic N) is 1. The number of carbonyl (C=O) groups is 2. The van der Waals surface area contributed by atoms with Crippen molar-refractivity contribution < 1.29 is 19.4 Å². The average molecular weight is 397 g/mol. The molecule has 24 heavy (non-hydrogen) atoms. The lowest BCUT2D eigenvalue weighted by Crippen LogP contribution is -2.49. The van der Waals surface area contributed by atoms with E-state index in [9.17, 15) is 14.7 Å². The molecule has 1 aromatic rings. The number of hydrogen-bond acceptors (Lipinski definition) is 3. The highest BCUT2D eigenvalue weighted by Gasteiger charge is 2.39. The zero-order valence-corrected chi connectivity index (χ0v) is 14.9. The first kappa shape index (κ1) is 17.2. The standard InChI is InChI=1S/C17H21BrN2O4/c18-12-4-1-3-11(9-12)10-14-13(6-7-20(14)17(22)23)19-16(21)15-5-2-8-24-15/h1,3-4,9,13-15H,2,5-8,10H2,(H,19,21)(H,22,23)/t13-,14-,15-/m0/s1. The van der Waals surface area contributed by atoms with E-state index in [1.807, 2.05) is 24.3 Å². The maximum Gasteiger partial charge on any atom is 0.407 e. The van der Waals surface area contributed by atoms with Gasteiger partial charge in [-0.3, -0.25) is 4.79 Å². The van der Waals surface area contributed by atoms with Gasteiger partial charge in [0, 0.05) is 17.6 Å². The van der Waals surface area contributed by atoms with Crippen molar-refractivity contribution in [3.63, 3.8) is 0 Å². The summed E-state index contributed by atoms with van der Waals surface area (Å²) in [7, 11) is 0. The highest BCUT2D eigenvalue weighted by atomic mass is 79.9. The number of rotatable bonds is 4. The van der Waals surface area contributed by atoms with E-state index in [-0.39, 0.29) is 18.0 Å². The smallest absolute Gasteiger partial charge is 0.407 e. The van der Waals surface area contributed by atoms with Crippen LogP contribution in [0.4, 0.5) is 4.79 Å². The third-order valence-corrected chi connectivity index (χ3v) is 5.17. The second-order valence-corrected chi connectivity index (χ2v) is 7.20. The summed E-state index contributed by atoms with van der Waals surface area (Å²) >= 11 is 3.44. The number of hydrogen-bond donors (Lipinski definition) is 2. The van der Waals surface area contributed by atoms with Crippen molar-refractivity contribution >= 4 is 27.9 Å². The minimum atomic E-state index is -0.941. The van der Waals surface area contributed by atoms with Crippen LogP contribution in [0.1, 0.15) is 24.8 Å². The Balaban J connectivity index is 1.72. The molecular formula is C17H21BrN2O4. The first-order valence-corrected chi connectivity index (χ1v) is 9.00. The van der Waals surface area contributed by atoms with Crippen LogP contribution < -0.4 is 5.32 Å². The van der Waals surface area contributed by atoms with Gasteiger partial charge in [0.05, 0.1) is 12.1 Å². The summed E-state index contributed by atoms with van der Waals surface area (Å²) in [6.07, 6.45) is 1.49. The molecule has 3 rings (SSSR count). The number of nitrogens with one attached hydrogen (secondary N) is 1. The predicted octanol–water partition coefficient (Wildman–Crippen LogP) is 2.41. The predicted molar refractivity (Wildman–Crippen MR) is 91.9 cm³/mol. The molecule has 0 bridgehead atoms. The molecule has 0 spiro atoms. The number of ether oxygens (including phenoxy) is 1. The van der Waals surface area contributed by atoms with Gasteiger partial charge >= 0.3 is 6.09 Å². The Morgan fingerprint density at radius 1 is 1.38 bits per heavy atom. The molecule has 7 heteroatoms. The third kappa shape index (κ3) is 3.89. The molecule has 2 N–H and O–H groups in total. The highest BCUT2D eigenvalue weighted by molar-refractivity contribution is 9.10. The number of carboxylic acid groups (broad SMARTS) is 1. The van der Waals surface area contributed by atoms with Crippen LogP contribution in [-0.2, 0) is 16.0 Å². The Bertz CT molecular complexity index is 618. The molecule has 2 saturated heterocycles. The topological polar surface area (TPSA) is 78.9 Å². The molecule has 2 aliphatic heterocycles. The van der Waals surface area contributed by atoms with Gasteiger partial charge in [-0.15, -0.1) is 0 Å². The van der Waals surface area contributed by atoms with Crippen LogP contribution in [0.2, 0.25) is 0 Å². The number of carbonyl (C=O) groups excluding carboxylic acids is 1. The maximum absolute atomic E-state index is 12.3. The van der Waals surface area contributed by atoms with Crippen LogP contribution in [0.5, 0.6) is 0 Å². The maximum atomic E-state index is 12.3. The average Bonchev–Trinajstić information content (AvgIpc) is 3.18. The van der Waals surface area contributed by atoms with Crippen LogP contribution in [0.25, 0.3) is 0 Å². The van der Waals surface area contributed by atoms with Crippen LogP contribution in [0.15, 0.2) is 28.7 Å². The summed E-state index contributed by atoms with van der Waals surface area (Å²) in [6, 6.07) is 7.38. The van der Waals surface area contributed by atoms with Crippen molar-refractivity contribution in [3.8, 4) is 0 Å². The quantitative estimate of drug-likeness (QED) is 0.818. The van der Waals surface area contributed by atoms with Gasteiger partial charge in [-0.25, -0.2) is 4.79 Å². The second-order valence-electron chi connectivity index (χ2n) is 6.28. The SMILES string of the molecule is O=C(N[C@H]1CCN(C(=O)O)[C@H]1Cc1cccc(Br)c1)[C@@H]1CCCO1. The minimum Gasteiger partial charge on any atom is -0.465 e. The molecule has 0 aromatic heterocycles. The Morgan fingerprint density at radius 2 is 2.21 bits per heavy atom. The minimum absolute atomic E-state index is 0.121. The van der Waals surface area contributed by atoms with Gasteiger partial charge in [-0.05, 0) is 43.4 Å². The fraction of sp³-hybridized carbons (Fsp3) is 0.529. The molecule has 0 saturated carbocycles. The van der Waals surface area contributed by atoms with Crippen molar-refractivity contribution in [1.82, 2.24) is 10.2 Å². The monoisotopic (exact) mass is 396 g/mol. The van der Waals surface area contributed by atoms with E-state index >= 15 is 0 Å². The Hall–Kier alpha value is -1.60. The molecule has 6 nitrogen and oxygen atoms in total. The van der Waals surface area contributed by atoms with Crippen LogP contribution in [0, 0.1) is 0 Å². The lowest BCUT2D eigenvalue weighted by molar-refractivity contribution is -0.131. The van der Waals surface area contributed by atoms with E-state index in [0.29, 0.717) is 26.0 Å². The van der Waals surface area contributed by atoms with Gasteiger partial charge in [0.1, 0.15) is 6.10 Å². The summed E-state index contributed by atoms with van der Waals surface area (Å²) in [5.74, 6) is -0.121. The summed E-state index contributed by atoms with van der Waals surface area (Å²) in [5, 5.41) is 12.5. The Kier molecular flexibility index (Phi) is 5.40. The third-order valence-electron chi connectivity index (χ3n) is 4.68. The van der Waals surface area contributed by atoms with Crippen LogP contribution in [0.3, 0.4) is 0 Å². The van der Waals surface area contributed by atoms with Crippen LogP contribution >= 0.6 is 15.9 Å². The van der Waals surface area contributed by atoms with Crippen molar-refractivity contribution in [1.29, 1.82) is 0 Å². The lowest BCUT2D eigenvalue weighted by atomic mass is 10.00. The van der Waals surface area contributed by atoms with Crippen molar-refractivity contribution in [2.24, 2.45) is 0 Å². The Labute approximate surface area is 149 Å². The molecule has 2 aliphatic rings. The highest BCUT2D eigenvalue weighted by Crippen LogP contribution is 2.24. The molecule has 130 valence electrons. The fourth-order valence-electron chi connectivity index (χ4n) is 3.48.